The third-order valence-corrected chi connectivity index (χ3v) is 7.70. The van der Waals surface area contributed by atoms with Crippen LogP contribution in [0.1, 0.15) is 6.42 Å². The molecule has 15 atom stereocenters. The van der Waals surface area contributed by atoms with Gasteiger partial charge in [0.25, 0.3) is 0 Å². The quantitative estimate of drug-likeness (QED) is 0.0705. The fraction of sp³-hybridized carbons (Fsp3) is 0.783. The molecule has 0 spiro atoms. The second-order valence-corrected chi connectivity index (χ2v) is 11.3. The van der Waals surface area contributed by atoms with Gasteiger partial charge in [0.1, 0.15) is 67.0 Å². The molecule has 48 heavy (non-hydrogen) atoms. The van der Waals surface area contributed by atoms with Crippen LogP contribution < -0.4 is 57.3 Å². The van der Waals surface area contributed by atoms with E-state index in [1.54, 1.807) is 0 Å². The van der Waals surface area contributed by atoms with E-state index in [0.717, 1.165) is 0 Å². The van der Waals surface area contributed by atoms with Crippen molar-refractivity contribution in [3.05, 3.63) is 0 Å². The van der Waals surface area contributed by atoms with Crippen LogP contribution in [0.5, 0.6) is 0 Å². The topological polar surface area (TPSA) is 480 Å². The van der Waals surface area contributed by atoms with Crippen molar-refractivity contribution >= 4 is 29.8 Å². The van der Waals surface area contributed by atoms with E-state index in [1.165, 1.54) is 0 Å². The predicted octanol–water partition coefficient (Wildman–Crippen LogP) is -10.8. The number of aliphatic hydroxyl groups excluding tert-OH is 6. The van der Waals surface area contributed by atoms with E-state index in [-0.39, 0.29) is 18.9 Å². The van der Waals surface area contributed by atoms with Gasteiger partial charge in [0.2, 0.25) is 0 Å². The average molecular weight is 694 g/mol. The molecule has 0 amide bonds. The fourth-order valence-electron chi connectivity index (χ4n) is 5.62. The van der Waals surface area contributed by atoms with Crippen LogP contribution in [-0.2, 0) is 18.9 Å². The number of rotatable bonds is 11. The molecule has 0 aromatic carbocycles. The van der Waals surface area contributed by atoms with Crippen LogP contribution in [0.25, 0.3) is 0 Å². The summed E-state index contributed by atoms with van der Waals surface area (Å²) in [4.78, 5) is 19.8. The van der Waals surface area contributed by atoms with Crippen molar-refractivity contribution in [3.63, 3.8) is 0 Å². The molecule has 274 valence electrons. The van der Waals surface area contributed by atoms with Gasteiger partial charge in [-0.1, -0.05) is 0 Å². The van der Waals surface area contributed by atoms with Crippen LogP contribution in [0.3, 0.4) is 0 Å². The molecule has 25 nitrogen and oxygen atoms in total. The summed E-state index contributed by atoms with van der Waals surface area (Å²) < 4.78 is 23.9. The van der Waals surface area contributed by atoms with Crippen LogP contribution >= 0.6 is 0 Å². The van der Waals surface area contributed by atoms with Gasteiger partial charge in [-0.25, -0.2) is 20.0 Å². The highest BCUT2D eigenvalue weighted by molar-refractivity contribution is 5.77. The number of hydrogen-bond acceptors (Lipinski definition) is 15. The Hall–Kier alpha value is -4.05. The third-order valence-electron chi connectivity index (χ3n) is 7.70. The fourth-order valence-corrected chi connectivity index (χ4v) is 5.62. The van der Waals surface area contributed by atoms with E-state index in [0.29, 0.717) is 0 Å². The van der Waals surface area contributed by atoms with E-state index in [9.17, 15) is 30.6 Å². The molecule has 0 unspecified atom stereocenters. The summed E-state index contributed by atoms with van der Waals surface area (Å²) in [5.74, 6) is -2.19. The second-order valence-electron chi connectivity index (χ2n) is 11.3. The first kappa shape index (κ1) is 38.4. The molecule has 0 radical (unpaired) electrons. The summed E-state index contributed by atoms with van der Waals surface area (Å²) in [6.45, 7) is -1.08. The number of hydrogen-bond donors (Lipinski definition) is 16. The van der Waals surface area contributed by atoms with Gasteiger partial charge in [0.15, 0.2) is 42.4 Å². The van der Waals surface area contributed by atoms with Crippen molar-refractivity contribution in [2.45, 2.75) is 98.1 Å². The van der Waals surface area contributed by atoms with Gasteiger partial charge in [0.05, 0.1) is 25.2 Å². The normalized spacial score (nSPS) is 39.8. The van der Waals surface area contributed by atoms with Crippen LogP contribution in [-0.4, -0.2) is 165 Å². The Morgan fingerprint density at radius 3 is 1.58 bits per heavy atom. The lowest BCUT2D eigenvalue weighted by Gasteiger charge is -2.48. The predicted molar refractivity (Wildman–Crippen MR) is 168 cm³/mol. The summed E-state index contributed by atoms with van der Waals surface area (Å²) in [5, 5.41) is 65.0. The molecule has 26 N–H and O–H groups in total. The summed E-state index contributed by atoms with van der Waals surface area (Å²) in [7, 11) is 0. The molecule has 0 aromatic heterocycles. The molecule has 0 aromatic rings. The van der Waals surface area contributed by atoms with E-state index < -0.39 is 122 Å². The van der Waals surface area contributed by atoms with Gasteiger partial charge in [-0.2, -0.15) is 0 Å². The van der Waals surface area contributed by atoms with Gasteiger partial charge in [0, 0.05) is 0 Å². The highest BCUT2D eigenvalue weighted by Gasteiger charge is 2.54. The maximum Gasteiger partial charge on any atom is 0.187 e. The monoisotopic (exact) mass is 693 g/mol. The molecule has 2 aliphatic heterocycles. The highest BCUT2D eigenvalue weighted by atomic mass is 16.7. The minimum Gasteiger partial charge on any atom is -0.394 e. The number of nitrogens with zero attached hydrogens (tertiary/aromatic N) is 5. The summed E-state index contributed by atoms with van der Waals surface area (Å²) in [5.41, 5.74) is 55.5. The molecule has 2 saturated heterocycles. The van der Waals surface area contributed by atoms with Crippen molar-refractivity contribution in [1.29, 1.82) is 0 Å². The van der Waals surface area contributed by atoms with Crippen LogP contribution in [0.2, 0.25) is 0 Å². The lowest BCUT2D eigenvalue weighted by Crippen LogP contribution is -2.65. The molecule has 3 fully saturated rings. The summed E-state index contributed by atoms with van der Waals surface area (Å²) in [6.07, 6.45) is -17.9. The molecule has 2 heterocycles. The number of guanidine groups is 5. The first-order chi connectivity index (χ1) is 22.4. The average Bonchev–Trinajstić information content (AvgIpc) is 2.98. The Bertz CT molecular complexity index is 1220. The van der Waals surface area contributed by atoms with Crippen molar-refractivity contribution in [2.24, 2.45) is 82.3 Å². The zero-order valence-corrected chi connectivity index (χ0v) is 25.6. The molecule has 25 heteroatoms. The van der Waals surface area contributed by atoms with Gasteiger partial charge in [-0.15, -0.1) is 0 Å². The number of ether oxygens (including phenoxy) is 4. The van der Waals surface area contributed by atoms with E-state index in [4.69, 9.17) is 76.3 Å². The smallest absolute Gasteiger partial charge is 0.187 e. The van der Waals surface area contributed by atoms with E-state index in [2.05, 4.69) is 25.0 Å². The Balaban J connectivity index is 2.09. The Morgan fingerprint density at radius 1 is 0.542 bits per heavy atom. The molecule has 3 rings (SSSR count). The maximum absolute atomic E-state index is 11.5. The third kappa shape index (κ3) is 9.30. The van der Waals surface area contributed by atoms with Gasteiger partial charge in [-0.05, 0) is 6.42 Å². The molecule has 1 saturated carbocycles. The Kier molecular flexibility index (Phi) is 13.1. The minimum atomic E-state index is -1.88. The first-order valence-corrected chi connectivity index (χ1v) is 14.5. The van der Waals surface area contributed by atoms with E-state index in [1.807, 2.05) is 0 Å². The largest absolute Gasteiger partial charge is 0.394 e. The molecule has 3 aliphatic rings. The molecular weight excluding hydrogens is 646 g/mol. The number of aliphatic hydroxyl groups is 6. The summed E-state index contributed by atoms with van der Waals surface area (Å²) >= 11 is 0. The number of nitrogens with two attached hydrogens (primary N) is 10. The van der Waals surface area contributed by atoms with Crippen molar-refractivity contribution in [2.75, 3.05) is 13.2 Å². The van der Waals surface area contributed by atoms with Gasteiger partial charge >= 0.3 is 0 Å². The first-order valence-electron chi connectivity index (χ1n) is 14.5. The van der Waals surface area contributed by atoms with Gasteiger partial charge < -0.3 is 107 Å². The lowest BCUT2D eigenvalue weighted by molar-refractivity contribution is -0.331. The SMILES string of the molecule is NC(N)=NC[C@H]1O[C@H](O[C@H]2[C@H](O[C@@H]3O[C@H](CO)[C@@H](N=C(N)N)[C@H](O)[C@H]3O)[C@@H](O)[C@H](N=C(N)N)C[C@@H]2N=C(N)N)[C@H](N=C(N)N)[C@@H](O)[C@@H]1O. The van der Waals surface area contributed by atoms with Crippen LogP contribution in [0.4, 0.5) is 0 Å². The molecular formula is C23H47N15O10. The van der Waals surface area contributed by atoms with Crippen molar-refractivity contribution < 1.29 is 49.6 Å². The van der Waals surface area contributed by atoms with Crippen molar-refractivity contribution in [3.8, 4) is 0 Å². The van der Waals surface area contributed by atoms with Crippen LogP contribution in [0, 0.1) is 0 Å². The zero-order chi connectivity index (χ0) is 36.0. The Morgan fingerprint density at radius 2 is 1.04 bits per heavy atom. The van der Waals surface area contributed by atoms with Crippen LogP contribution in [0.15, 0.2) is 25.0 Å². The van der Waals surface area contributed by atoms with E-state index >= 15 is 0 Å². The standard InChI is InChI=1S/C23H47N15O10/c24-19(25)34-2-6-11(41)13(43)9(38-23(32)33)17(45-6)47-15-5(36-21(28)29)1-4(35-20(26)27)10(40)16(15)48-18-14(44)12(42)8(37-22(30)31)7(3-39)46-18/h4-18,39-44H,1-3H2,(H4,24,25,34)(H4,26,27,35)(H4,28,29,36)(H4,30,31,37)(H4,32,33,38)/t4-,5+,6-,7-,8-,9-,10+,11-,12+,13-,14-,15-,16-,17-,18+/m1/s1. The number of aliphatic imine (C=N–C) groups is 5. The van der Waals surface area contributed by atoms with Crippen molar-refractivity contribution in [1.82, 2.24) is 0 Å². The maximum atomic E-state index is 11.5. The minimum absolute atomic E-state index is 0.174. The molecule has 0 bridgehead atoms. The Labute approximate surface area is 273 Å². The summed E-state index contributed by atoms with van der Waals surface area (Å²) in [6, 6.07) is -5.11. The lowest BCUT2D eigenvalue weighted by atomic mass is 9.83. The molecule has 1 aliphatic carbocycles. The highest BCUT2D eigenvalue weighted by Crippen LogP contribution is 2.36. The second kappa shape index (κ2) is 16.4. The zero-order valence-electron chi connectivity index (χ0n) is 25.6. The van der Waals surface area contributed by atoms with Gasteiger partial charge in [-0.3, -0.25) is 4.99 Å².